The molecule has 1 rings (SSSR count). The largest absolute Gasteiger partial charge is 0.425 e. The molecule has 0 radical (unpaired) electrons. The number of hydrogen-bond donors (Lipinski definition) is 0. The summed E-state index contributed by atoms with van der Waals surface area (Å²) in [5.74, 6) is -0.778. The predicted octanol–water partition coefficient (Wildman–Crippen LogP) is 0.421. The van der Waals surface area contributed by atoms with Crippen molar-refractivity contribution >= 4 is 11.8 Å². The van der Waals surface area contributed by atoms with Gasteiger partial charge < -0.3 is 9.47 Å². The summed E-state index contributed by atoms with van der Waals surface area (Å²) in [5.41, 5.74) is 0.262. The molecule has 12 heavy (non-hydrogen) atoms. The Hall–Kier alpha value is -1.16. The maximum atomic E-state index is 10.9. The Bertz CT molecular complexity index is 231. The summed E-state index contributed by atoms with van der Waals surface area (Å²) in [4.78, 5) is 21.8. The van der Waals surface area contributed by atoms with Crippen molar-refractivity contribution in [1.82, 2.24) is 0 Å². The Balaban J connectivity index is 2.46. The van der Waals surface area contributed by atoms with Gasteiger partial charge in [-0.25, -0.2) is 4.79 Å². The molecule has 0 spiro atoms. The lowest BCUT2D eigenvalue weighted by atomic mass is 10.3. The summed E-state index contributed by atoms with van der Waals surface area (Å²) in [6.45, 7) is 5.22. The fourth-order valence-electron chi connectivity index (χ4n) is 0.775. The Kier molecular flexibility index (Phi) is 2.60. The van der Waals surface area contributed by atoms with Gasteiger partial charge in [0.2, 0.25) is 5.78 Å². The quantitative estimate of drug-likeness (QED) is 0.445. The Morgan fingerprint density at radius 3 is 2.83 bits per heavy atom. The lowest BCUT2D eigenvalue weighted by molar-refractivity contribution is -0.170. The molecule has 1 fully saturated rings. The third-order valence-electron chi connectivity index (χ3n) is 1.44. The van der Waals surface area contributed by atoms with Crippen LogP contribution >= 0.6 is 0 Å². The zero-order chi connectivity index (χ0) is 9.14. The first kappa shape index (κ1) is 8.93. The van der Waals surface area contributed by atoms with E-state index in [2.05, 4.69) is 11.3 Å². The van der Waals surface area contributed by atoms with E-state index in [0.717, 1.165) is 0 Å². The molecule has 0 aromatic rings. The van der Waals surface area contributed by atoms with Gasteiger partial charge in [-0.3, -0.25) is 4.79 Å². The van der Waals surface area contributed by atoms with E-state index in [9.17, 15) is 9.59 Å². The van der Waals surface area contributed by atoms with Crippen LogP contribution in [0.5, 0.6) is 0 Å². The van der Waals surface area contributed by atoms with Crippen LogP contribution in [0.15, 0.2) is 12.2 Å². The highest BCUT2D eigenvalue weighted by molar-refractivity contribution is 5.91. The van der Waals surface area contributed by atoms with Crippen LogP contribution in [0.1, 0.15) is 13.3 Å². The first-order valence-corrected chi connectivity index (χ1v) is 3.62. The first-order chi connectivity index (χ1) is 5.61. The number of rotatable bonds is 2. The Labute approximate surface area is 70.1 Å². The summed E-state index contributed by atoms with van der Waals surface area (Å²) >= 11 is 0. The van der Waals surface area contributed by atoms with Crippen molar-refractivity contribution in [2.75, 3.05) is 6.61 Å². The van der Waals surface area contributed by atoms with Gasteiger partial charge in [0.15, 0.2) is 0 Å². The standard InChI is InChI=1S/C8H10O4/c1-5(2)7(10)12-8-6(9)3-4-11-8/h8H,1,3-4H2,2H3. The lowest BCUT2D eigenvalue weighted by Crippen LogP contribution is -2.23. The van der Waals surface area contributed by atoms with Crippen LogP contribution in [0.25, 0.3) is 0 Å². The van der Waals surface area contributed by atoms with Crippen molar-refractivity contribution in [1.29, 1.82) is 0 Å². The van der Waals surface area contributed by atoms with Crippen molar-refractivity contribution < 1.29 is 19.1 Å². The van der Waals surface area contributed by atoms with Crippen LogP contribution in [0.3, 0.4) is 0 Å². The Morgan fingerprint density at radius 2 is 2.42 bits per heavy atom. The average Bonchev–Trinajstić information content (AvgIpc) is 2.36. The second kappa shape index (κ2) is 3.49. The van der Waals surface area contributed by atoms with Crippen LogP contribution < -0.4 is 0 Å². The molecule has 0 bridgehead atoms. The molecular weight excluding hydrogens is 160 g/mol. The van der Waals surface area contributed by atoms with Gasteiger partial charge in [-0.05, 0) is 6.92 Å². The molecule has 0 saturated carbocycles. The number of hydrogen-bond acceptors (Lipinski definition) is 4. The highest BCUT2D eigenvalue weighted by Crippen LogP contribution is 2.10. The first-order valence-electron chi connectivity index (χ1n) is 3.62. The topological polar surface area (TPSA) is 52.6 Å². The molecule has 1 atom stereocenters. The number of Topliss-reactive ketones (excluding diaryl/α,β-unsaturated/α-hetero) is 1. The van der Waals surface area contributed by atoms with Gasteiger partial charge >= 0.3 is 5.97 Å². The van der Waals surface area contributed by atoms with Crippen LogP contribution in [-0.2, 0) is 19.1 Å². The van der Waals surface area contributed by atoms with E-state index in [-0.39, 0.29) is 11.4 Å². The van der Waals surface area contributed by atoms with Crippen LogP contribution in [0, 0.1) is 0 Å². The van der Waals surface area contributed by atoms with Crippen molar-refractivity contribution in [2.24, 2.45) is 0 Å². The van der Waals surface area contributed by atoms with Crippen molar-refractivity contribution in [3.05, 3.63) is 12.2 Å². The number of carbonyl (C=O) groups excluding carboxylic acids is 2. The van der Waals surface area contributed by atoms with Crippen LogP contribution in [-0.4, -0.2) is 24.6 Å². The highest BCUT2D eigenvalue weighted by Gasteiger charge is 2.28. The predicted molar refractivity (Wildman–Crippen MR) is 40.3 cm³/mol. The number of carbonyl (C=O) groups is 2. The maximum Gasteiger partial charge on any atom is 0.335 e. The number of ether oxygens (including phenoxy) is 2. The average molecular weight is 170 g/mol. The molecule has 0 aliphatic carbocycles. The van der Waals surface area contributed by atoms with E-state index in [0.29, 0.717) is 13.0 Å². The smallest absolute Gasteiger partial charge is 0.335 e. The van der Waals surface area contributed by atoms with Crippen LogP contribution in [0.2, 0.25) is 0 Å². The molecule has 66 valence electrons. The van der Waals surface area contributed by atoms with Crippen molar-refractivity contribution in [3.8, 4) is 0 Å². The van der Waals surface area contributed by atoms with Gasteiger partial charge in [-0.2, -0.15) is 0 Å². The second-order valence-electron chi connectivity index (χ2n) is 2.60. The summed E-state index contributed by atoms with van der Waals surface area (Å²) in [6, 6.07) is 0. The zero-order valence-electron chi connectivity index (χ0n) is 6.83. The van der Waals surface area contributed by atoms with E-state index >= 15 is 0 Å². The van der Waals surface area contributed by atoms with Gasteiger partial charge in [-0.1, -0.05) is 6.58 Å². The monoisotopic (exact) mass is 170 g/mol. The SMILES string of the molecule is C=C(C)C(=O)OC1OCCC1=O. The summed E-state index contributed by atoms with van der Waals surface area (Å²) in [6.07, 6.45) is -0.692. The van der Waals surface area contributed by atoms with Gasteiger partial charge in [0.05, 0.1) is 6.61 Å². The molecule has 1 saturated heterocycles. The lowest BCUT2D eigenvalue weighted by Gasteiger charge is -2.08. The van der Waals surface area contributed by atoms with Crippen molar-refractivity contribution in [2.45, 2.75) is 19.6 Å². The minimum Gasteiger partial charge on any atom is -0.425 e. The molecule has 0 aromatic heterocycles. The highest BCUT2D eigenvalue weighted by atomic mass is 16.7. The Morgan fingerprint density at radius 1 is 1.75 bits per heavy atom. The summed E-state index contributed by atoms with van der Waals surface area (Å²) in [7, 11) is 0. The third kappa shape index (κ3) is 1.92. The molecule has 0 aromatic carbocycles. The van der Waals surface area contributed by atoms with Crippen LogP contribution in [0.4, 0.5) is 0 Å². The third-order valence-corrected chi connectivity index (χ3v) is 1.44. The van der Waals surface area contributed by atoms with E-state index in [1.807, 2.05) is 0 Å². The van der Waals surface area contributed by atoms with Gasteiger partial charge in [0.25, 0.3) is 6.29 Å². The summed E-state index contributed by atoms with van der Waals surface area (Å²) in [5, 5.41) is 0. The van der Waals surface area contributed by atoms with E-state index in [1.54, 1.807) is 0 Å². The minimum absolute atomic E-state index is 0.190. The second-order valence-corrected chi connectivity index (χ2v) is 2.60. The summed E-state index contributed by atoms with van der Waals surface area (Å²) < 4.78 is 9.53. The molecule has 4 heteroatoms. The van der Waals surface area contributed by atoms with Gasteiger partial charge in [-0.15, -0.1) is 0 Å². The van der Waals surface area contributed by atoms with E-state index in [4.69, 9.17) is 4.74 Å². The molecule has 1 unspecified atom stereocenters. The minimum atomic E-state index is -1.01. The number of ketones is 1. The molecule has 1 aliphatic rings. The van der Waals surface area contributed by atoms with Gasteiger partial charge in [0, 0.05) is 12.0 Å². The van der Waals surface area contributed by atoms with Gasteiger partial charge in [0.1, 0.15) is 0 Å². The normalized spacial score (nSPS) is 22.4. The van der Waals surface area contributed by atoms with Crippen molar-refractivity contribution in [3.63, 3.8) is 0 Å². The molecule has 0 N–H and O–H groups in total. The molecule has 0 amide bonds. The number of esters is 1. The molecule has 1 aliphatic heterocycles. The van der Waals surface area contributed by atoms with E-state index in [1.165, 1.54) is 6.92 Å². The van der Waals surface area contributed by atoms with E-state index < -0.39 is 12.3 Å². The fourth-order valence-corrected chi connectivity index (χ4v) is 0.775. The maximum absolute atomic E-state index is 10.9. The fraction of sp³-hybridized carbons (Fsp3) is 0.500. The molecule has 4 nitrogen and oxygen atoms in total. The molecule has 1 heterocycles. The zero-order valence-corrected chi connectivity index (χ0v) is 6.83. The molecular formula is C8H10O4.